The van der Waals surface area contributed by atoms with E-state index in [1.54, 1.807) is 0 Å². The zero-order valence-corrected chi connectivity index (χ0v) is 4.40. The van der Waals surface area contributed by atoms with Gasteiger partial charge in [-0.15, -0.1) is 0 Å². The second kappa shape index (κ2) is 2.55. The summed E-state index contributed by atoms with van der Waals surface area (Å²) in [6.45, 7) is 5.26. The third-order valence-corrected chi connectivity index (χ3v) is 0.621. The van der Waals surface area contributed by atoms with Gasteiger partial charge in [0.1, 0.15) is 6.54 Å². The number of nitrogens with zero attached hydrogens (tertiary/aromatic N) is 1. The lowest BCUT2D eigenvalue weighted by atomic mass is 10.3. The molecule has 8 heavy (non-hydrogen) atoms. The molecule has 0 atom stereocenters. The SMILES string of the molecule is C=CC(F)(F)CN=C. The topological polar surface area (TPSA) is 12.4 Å². The molecule has 0 spiro atoms. The molecule has 0 aromatic carbocycles. The number of hydrogen-bond donors (Lipinski definition) is 0. The molecule has 0 radical (unpaired) electrons. The minimum atomic E-state index is -2.87. The normalized spacial score (nSPS) is 10.8. The molecule has 0 aliphatic carbocycles. The molecule has 0 heterocycles. The van der Waals surface area contributed by atoms with Crippen LogP contribution in [0.15, 0.2) is 17.6 Å². The maximum atomic E-state index is 11.9. The molecule has 0 unspecified atom stereocenters. The van der Waals surface area contributed by atoms with Crippen LogP contribution in [-0.4, -0.2) is 19.2 Å². The summed E-state index contributed by atoms with van der Waals surface area (Å²) < 4.78 is 23.8. The number of halogens is 2. The van der Waals surface area contributed by atoms with E-state index >= 15 is 0 Å². The fourth-order valence-electron chi connectivity index (χ4n) is 0.214. The first kappa shape index (κ1) is 7.27. The second-order valence-electron chi connectivity index (χ2n) is 1.35. The lowest BCUT2D eigenvalue weighted by Crippen LogP contribution is -2.15. The first-order valence-electron chi connectivity index (χ1n) is 2.06. The van der Waals surface area contributed by atoms with Crippen molar-refractivity contribution in [2.75, 3.05) is 6.54 Å². The molecule has 0 aromatic heterocycles. The lowest BCUT2D eigenvalue weighted by Gasteiger charge is -2.04. The van der Waals surface area contributed by atoms with Crippen molar-refractivity contribution in [2.45, 2.75) is 5.92 Å². The van der Waals surface area contributed by atoms with Crippen LogP contribution in [0.2, 0.25) is 0 Å². The van der Waals surface area contributed by atoms with Crippen molar-refractivity contribution in [3.63, 3.8) is 0 Å². The Bertz CT molecular complexity index is 98.6. The summed E-state index contributed by atoms with van der Waals surface area (Å²) in [5.41, 5.74) is 0. The third-order valence-electron chi connectivity index (χ3n) is 0.621. The molecular weight excluding hydrogens is 112 g/mol. The molecule has 0 fully saturated rings. The molecule has 0 aliphatic rings. The van der Waals surface area contributed by atoms with Gasteiger partial charge < -0.3 is 0 Å². The van der Waals surface area contributed by atoms with E-state index in [1.807, 2.05) is 0 Å². The highest BCUT2D eigenvalue weighted by Gasteiger charge is 2.21. The summed E-state index contributed by atoms with van der Waals surface area (Å²) in [7, 11) is 0. The molecule has 0 saturated heterocycles. The van der Waals surface area contributed by atoms with Gasteiger partial charge in [0.15, 0.2) is 0 Å². The van der Waals surface area contributed by atoms with E-state index in [4.69, 9.17) is 0 Å². The molecule has 46 valence electrons. The van der Waals surface area contributed by atoms with Gasteiger partial charge in [-0.3, -0.25) is 4.99 Å². The van der Waals surface area contributed by atoms with E-state index in [1.165, 1.54) is 0 Å². The average molecular weight is 119 g/mol. The van der Waals surface area contributed by atoms with Gasteiger partial charge in [-0.2, -0.15) is 8.78 Å². The van der Waals surface area contributed by atoms with E-state index in [2.05, 4.69) is 18.3 Å². The average Bonchev–Trinajstić information content (AvgIpc) is 1.67. The molecule has 0 amide bonds. The van der Waals surface area contributed by atoms with E-state index in [-0.39, 0.29) is 0 Å². The Kier molecular flexibility index (Phi) is 2.31. The highest BCUT2D eigenvalue weighted by atomic mass is 19.3. The Morgan fingerprint density at radius 1 is 1.62 bits per heavy atom. The molecular formula is C5H7F2N. The smallest absolute Gasteiger partial charge is 0.285 e. The Morgan fingerprint density at radius 2 is 2.12 bits per heavy atom. The van der Waals surface area contributed by atoms with Crippen molar-refractivity contribution in [1.29, 1.82) is 0 Å². The Balaban J connectivity index is 3.70. The summed E-state index contributed by atoms with van der Waals surface area (Å²) in [5.74, 6) is -2.87. The number of alkyl halides is 2. The molecule has 3 heteroatoms. The van der Waals surface area contributed by atoms with Crippen LogP contribution in [-0.2, 0) is 0 Å². The largest absolute Gasteiger partial charge is 0.294 e. The third kappa shape index (κ3) is 2.44. The molecule has 0 aliphatic heterocycles. The first-order valence-corrected chi connectivity index (χ1v) is 2.06. The van der Waals surface area contributed by atoms with E-state index in [0.29, 0.717) is 6.08 Å². The second-order valence-corrected chi connectivity index (χ2v) is 1.35. The molecule has 0 saturated carbocycles. The van der Waals surface area contributed by atoms with Gasteiger partial charge in [-0.1, -0.05) is 6.58 Å². The molecule has 0 bridgehead atoms. The van der Waals surface area contributed by atoms with Gasteiger partial charge in [0.05, 0.1) is 0 Å². The van der Waals surface area contributed by atoms with Gasteiger partial charge in [-0.05, 0) is 12.8 Å². The summed E-state index contributed by atoms with van der Waals surface area (Å²) in [5, 5.41) is 0. The Labute approximate surface area is 46.7 Å². The van der Waals surface area contributed by atoms with Crippen LogP contribution in [0.4, 0.5) is 8.78 Å². The van der Waals surface area contributed by atoms with Crippen LogP contribution >= 0.6 is 0 Å². The van der Waals surface area contributed by atoms with E-state index in [0.717, 1.165) is 0 Å². The molecule has 0 aromatic rings. The van der Waals surface area contributed by atoms with Crippen LogP contribution in [0.1, 0.15) is 0 Å². The summed E-state index contributed by atoms with van der Waals surface area (Å²) in [6, 6.07) is 0. The van der Waals surface area contributed by atoms with Gasteiger partial charge >= 0.3 is 0 Å². The minimum absolute atomic E-state index is 0.557. The molecule has 0 rings (SSSR count). The molecule has 1 nitrogen and oxygen atoms in total. The Morgan fingerprint density at radius 3 is 2.25 bits per heavy atom. The summed E-state index contributed by atoms with van der Waals surface area (Å²) >= 11 is 0. The van der Waals surface area contributed by atoms with E-state index in [9.17, 15) is 8.78 Å². The fraction of sp³-hybridized carbons (Fsp3) is 0.400. The van der Waals surface area contributed by atoms with Crippen LogP contribution in [0.5, 0.6) is 0 Å². The highest BCUT2D eigenvalue weighted by Crippen LogP contribution is 2.13. The van der Waals surface area contributed by atoms with Crippen molar-refractivity contribution in [3.05, 3.63) is 12.7 Å². The van der Waals surface area contributed by atoms with Crippen LogP contribution in [0, 0.1) is 0 Å². The van der Waals surface area contributed by atoms with Crippen molar-refractivity contribution in [3.8, 4) is 0 Å². The number of hydrogen-bond acceptors (Lipinski definition) is 1. The predicted octanol–water partition coefficient (Wildman–Crippen LogP) is 1.51. The fourth-order valence-corrected chi connectivity index (χ4v) is 0.214. The summed E-state index contributed by atoms with van der Waals surface area (Å²) in [4.78, 5) is 3.01. The van der Waals surface area contributed by atoms with Gasteiger partial charge in [-0.25, -0.2) is 0 Å². The van der Waals surface area contributed by atoms with Crippen LogP contribution in [0.25, 0.3) is 0 Å². The van der Waals surface area contributed by atoms with Crippen molar-refractivity contribution in [2.24, 2.45) is 4.99 Å². The maximum Gasteiger partial charge on any atom is 0.285 e. The zero-order chi connectivity index (χ0) is 6.62. The highest BCUT2D eigenvalue weighted by molar-refractivity contribution is 5.23. The van der Waals surface area contributed by atoms with Crippen molar-refractivity contribution in [1.82, 2.24) is 0 Å². The predicted molar refractivity (Wildman–Crippen MR) is 29.6 cm³/mol. The van der Waals surface area contributed by atoms with Gasteiger partial charge in [0.2, 0.25) is 0 Å². The monoisotopic (exact) mass is 119 g/mol. The van der Waals surface area contributed by atoms with E-state index < -0.39 is 12.5 Å². The van der Waals surface area contributed by atoms with Crippen molar-refractivity contribution >= 4 is 6.72 Å². The quantitative estimate of drug-likeness (QED) is 0.394. The Hall–Kier alpha value is -0.730. The number of rotatable bonds is 3. The van der Waals surface area contributed by atoms with Gasteiger partial charge in [0.25, 0.3) is 5.92 Å². The van der Waals surface area contributed by atoms with Crippen LogP contribution in [0.3, 0.4) is 0 Å². The van der Waals surface area contributed by atoms with Crippen molar-refractivity contribution < 1.29 is 8.78 Å². The molecule has 0 N–H and O–H groups in total. The maximum absolute atomic E-state index is 11.9. The standard InChI is InChI=1S/C5H7F2N/c1-3-5(6,7)4-8-2/h3H,1-2,4H2. The zero-order valence-electron chi connectivity index (χ0n) is 4.40. The summed E-state index contributed by atoms with van der Waals surface area (Å²) in [6.07, 6.45) is 0.557. The first-order chi connectivity index (χ1) is 3.62. The minimum Gasteiger partial charge on any atom is -0.294 e. The van der Waals surface area contributed by atoms with Crippen LogP contribution < -0.4 is 0 Å². The number of aliphatic imine (C=N–C) groups is 1. The lowest BCUT2D eigenvalue weighted by molar-refractivity contribution is 0.0665. The van der Waals surface area contributed by atoms with Gasteiger partial charge in [0, 0.05) is 0 Å².